The Balaban J connectivity index is 1.58. The summed E-state index contributed by atoms with van der Waals surface area (Å²) in [6, 6.07) is 15.7. The number of hydrogen-bond donors (Lipinski definition) is 0. The number of benzene rings is 2. The van der Waals surface area contributed by atoms with Crippen molar-refractivity contribution in [2.45, 2.75) is 38.3 Å². The molecule has 2 aromatic rings. The van der Waals surface area contributed by atoms with E-state index in [0.717, 1.165) is 12.5 Å². The van der Waals surface area contributed by atoms with Gasteiger partial charge in [-0.1, -0.05) is 53.5 Å². The van der Waals surface area contributed by atoms with E-state index in [4.69, 9.17) is 23.2 Å². The molecule has 0 spiro atoms. The van der Waals surface area contributed by atoms with Crippen molar-refractivity contribution in [3.8, 4) is 0 Å². The van der Waals surface area contributed by atoms with Crippen molar-refractivity contribution >= 4 is 23.2 Å². The van der Waals surface area contributed by atoms with Gasteiger partial charge in [0.15, 0.2) is 0 Å². The molecule has 120 valence electrons. The summed E-state index contributed by atoms with van der Waals surface area (Å²) in [6.07, 6.45) is 5.06. The number of nitrogens with zero attached hydrogens (tertiary/aromatic N) is 1. The van der Waals surface area contributed by atoms with Crippen molar-refractivity contribution in [2.75, 3.05) is 6.54 Å². The van der Waals surface area contributed by atoms with E-state index in [2.05, 4.69) is 35.2 Å². The van der Waals surface area contributed by atoms with E-state index in [1.165, 1.54) is 37.8 Å². The SMILES string of the molecule is Clc1ccc(CN2C[C@@H]3CC[C@@H]2Cc2ccccc2C3)cc1Cl. The largest absolute Gasteiger partial charge is 0.296 e. The second-order valence-corrected chi connectivity index (χ2v) is 7.77. The van der Waals surface area contributed by atoms with Gasteiger partial charge in [0.25, 0.3) is 0 Å². The van der Waals surface area contributed by atoms with E-state index in [1.54, 1.807) is 11.1 Å². The molecule has 3 aliphatic rings. The predicted octanol–water partition coefficient (Wildman–Crippen LogP) is 5.37. The molecule has 1 aliphatic carbocycles. The average Bonchev–Trinajstić information content (AvgIpc) is 2.52. The summed E-state index contributed by atoms with van der Waals surface area (Å²) >= 11 is 12.2. The Hall–Kier alpha value is -1.02. The third-order valence-corrected chi connectivity index (χ3v) is 6.11. The lowest BCUT2D eigenvalue weighted by molar-refractivity contribution is 0.0938. The minimum absolute atomic E-state index is 0.638. The van der Waals surface area contributed by atoms with Crippen LogP contribution in [-0.2, 0) is 19.4 Å². The summed E-state index contributed by atoms with van der Waals surface area (Å²) in [4.78, 5) is 2.66. The van der Waals surface area contributed by atoms with Gasteiger partial charge in [-0.2, -0.15) is 0 Å². The molecule has 0 saturated carbocycles. The maximum absolute atomic E-state index is 6.19. The van der Waals surface area contributed by atoms with Crippen LogP contribution in [0.5, 0.6) is 0 Å². The Bertz CT molecular complexity index is 713. The fourth-order valence-corrected chi connectivity index (χ4v) is 4.49. The number of piperidine rings is 1. The van der Waals surface area contributed by atoms with Crippen molar-refractivity contribution in [3.63, 3.8) is 0 Å². The van der Waals surface area contributed by atoms with Gasteiger partial charge in [0.1, 0.15) is 0 Å². The highest BCUT2D eigenvalue weighted by Gasteiger charge is 2.31. The van der Waals surface area contributed by atoms with Gasteiger partial charge in [-0.15, -0.1) is 0 Å². The third-order valence-electron chi connectivity index (χ3n) is 5.37. The van der Waals surface area contributed by atoms with Crippen LogP contribution in [0.3, 0.4) is 0 Å². The third kappa shape index (κ3) is 3.28. The van der Waals surface area contributed by atoms with E-state index in [9.17, 15) is 0 Å². The Kier molecular flexibility index (Phi) is 4.36. The molecule has 2 bridgehead atoms. The highest BCUT2D eigenvalue weighted by molar-refractivity contribution is 6.42. The van der Waals surface area contributed by atoms with Crippen molar-refractivity contribution < 1.29 is 0 Å². The molecule has 2 aromatic carbocycles. The first-order valence-electron chi connectivity index (χ1n) is 8.44. The van der Waals surface area contributed by atoms with Gasteiger partial charge in [0.05, 0.1) is 10.0 Å². The van der Waals surface area contributed by atoms with E-state index < -0.39 is 0 Å². The molecule has 0 radical (unpaired) electrons. The van der Waals surface area contributed by atoms with Crippen LogP contribution in [0.4, 0.5) is 0 Å². The second kappa shape index (κ2) is 6.47. The molecule has 2 heterocycles. The zero-order chi connectivity index (χ0) is 15.8. The van der Waals surface area contributed by atoms with Gasteiger partial charge in [0, 0.05) is 19.1 Å². The molecular formula is C20H21Cl2N. The summed E-state index contributed by atoms with van der Waals surface area (Å²) in [7, 11) is 0. The van der Waals surface area contributed by atoms with Gasteiger partial charge in [-0.25, -0.2) is 0 Å². The fraction of sp³-hybridized carbons (Fsp3) is 0.400. The van der Waals surface area contributed by atoms with Crippen LogP contribution in [0.15, 0.2) is 42.5 Å². The monoisotopic (exact) mass is 345 g/mol. The summed E-state index contributed by atoms with van der Waals surface area (Å²) in [5, 5.41) is 1.30. The molecule has 3 heteroatoms. The zero-order valence-electron chi connectivity index (χ0n) is 13.1. The van der Waals surface area contributed by atoms with Crippen molar-refractivity contribution in [2.24, 2.45) is 5.92 Å². The maximum atomic E-state index is 6.19. The number of rotatable bonds is 2. The first kappa shape index (κ1) is 15.5. The molecule has 0 unspecified atom stereocenters. The van der Waals surface area contributed by atoms with Crippen LogP contribution < -0.4 is 0 Å². The molecule has 0 amide bonds. The molecule has 5 rings (SSSR count). The standard InChI is InChI=1S/C20H21Cl2N/c21-19-8-6-15(10-20(19)22)13-23-12-14-5-7-18(23)11-17-4-2-1-3-16(17)9-14/h1-4,6,8,10,14,18H,5,7,9,11-13H2/t14-,18-/m1/s1. The van der Waals surface area contributed by atoms with E-state index >= 15 is 0 Å². The highest BCUT2D eigenvalue weighted by Crippen LogP contribution is 2.33. The van der Waals surface area contributed by atoms with E-state index in [-0.39, 0.29) is 0 Å². The smallest absolute Gasteiger partial charge is 0.0595 e. The van der Waals surface area contributed by atoms with Crippen LogP contribution in [0.1, 0.15) is 29.5 Å². The minimum atomic E-state index is 0.638. The van der Waals surface area contributed by atoms with Crippen LogP contribution in [0.25, 0.3) is 0 Å². The normalized spacial score (nSPS) is 24.1. The Morgan fingerprint density at radius 1 is 0.913 bits per heavy atom. The topological polar surface area (TPSA) is 3.24 Å². The lowest BCUT2D eigenvalue weighted by atomic mass is 9.80. The average molecular weight is 346 g/mol. The molecule has 1 nitrogen and oxygen atoms in total. The first-order chi connectivity index (χ1) is 11.2. The Morgan fingerprint density at radius 3 is 2.48 bits per heavy atom. The molecule has 2 aliphatic heterocycles. The Labute approximate surface area is 148 Å². The Morgan fingerprint density at radius 2 is 1.70 bits per heavy atom. The van der Waals surface area contributed by atoms with Crippen LogP contribution >= 0.6 is 23.2 Å². The van der Waals surface area contributed by atoms with Gasteiger partial charge in [-0.05, 0) is 60.4 Å². The molecular weight excluding hydrogens is 325 g/mol. The van der Waals surface area contributed by atoms with Gasteiger partial charge in [-0.3, -0.25) is 4.90 Å². The molecule has 0 aromatic heterocycles. The molecule has 1 fully saturated rings. The van der Waals surface area contributed by atoms with E-state index in [0.29, 0.717) is 16.1 Å². The molecule has 2 atom stereocenters. The maximum Gasteiger partial charge on any atom is 0.0595 e. The summed E-state index contributed by atoms with van der Waals surface area (Å²) in [5.41, 5.74) is 4.37. The minimum Gasteiger partial charge on any atom is -0.296 e. The quantitative estimate of drug-likeness (QED) is 0.706. The van der Waals surface area contributed by atoms with Crippen LogP contribution in [0.2, 0.25) is 10.0 Å². The highest BCUT2D eigenvalue weighted by atomic mass is 35.5. The van der Waals surface area contributed by atoms with E-state index in [1.807, 2.05) is 12.1 Å². The van der Waals surface area contributed by atoms with Gasteiger partial charge in [0.2, 0.25) is 0 Å². The lowest BCUT2D eigenvalue weighted by Crippen LogP contribution is -2.46. The number of hydrogen-bond acceptors (Lipinski definition) is 1. The van der Waals surface area contributed by atoms with Crippen molar-refractivity contribution in [1.29, 1.82) is 0 Å². The fourth-order valence-electron chi connectivity index (χ4n) is 4.17. The summed E-state index contributed by atoms with van der Waals surface area (Å²) in [6.45, 7) is 2.17. The second-order valence-electron chi connectivity index (χ2n) is 6.95. The summed E-state index contributed by atoms with van der Waals surface area (Å²) in [5.74, 6) is 0.774. The van der Waals surface area contributed by atoms with Gasteiger partial charge < -0.3 is 0 Å². The molecule has 0 N–H and O–H groups in total. The predicted molar refractivity (Wildman–Crippen MR) is 97.2 cm³/mol. The molecule has 23 heavy (non-hydrogen) atoms. The van der Waals surface area contributed by atoms with Crippen molar-refractivity contribution in [3.05, 3.63) is 69.2 Å². The number of fused-ring (bicyclic) bond motifs is 2. The van der Waals surface area contributed by atoms with Crippen molar-refractivity contribution in [1.82, 2.24) is 4.90 Å². The van der Waals surface area contributed by atoms with Crippen LogP contribution in [-0.4, -0.2) is 17.5 Å². The number of halogens is 2. The summed E-state index contributed by atoms with van der Waals surface area (Å²) < 4.78 is 0. The zero-order valence-corrected chi connectivity index (χ0v) is 14.7. The lowest BCUT2D eigenvalue weighted by Gasteiger charge is -2.42. The van der Waals surface area contributed by atoms with Crippen LogP contribution in [0, 0.1) is 5.92 Å². The first-order valence-corrected chi connectivity index (χ1v) is 9.19. The molecule has 1 saturated heterocycles. The van der Waals surface area contributed by atoms with Gasteiger partial charge >= 0.3 is 0 Å².